The third-order valence-electron chi connectivity index (χ3n) is 3.79. The largest absolute Gasteiger partial charge is 0.416 e. The summed E-state index contributed by atoms with van der Waals surface area (Å²) in [5, 5.41) is 17.9. The Morgan fingerprint density at radius 3 is 2.62 bits per heavy atom. The van der Waals surface area contributed by atoms with E-state index in [0.717, 1.165) is 5.56 Å². The SMILES string of the molecule is CC(Cc1nnc(SCc2ccccc2C#N)o1)c1ccccc1. The lowest BCUT2D eigenvalue weighted by Gasteiger charge is -2.08. The van der Waals surface area contributed by atoms with Crippen LogP contribution in [0.3, 0.4) is 0 Å². The van der Waals surface area contributed by atoms with Crippen LogP contribution in [0.4, 0.5) is 0 Å². The lowest BCUT2D eigenvalue weighted by atomic mass is 9.98. The van der Waals surface area contributed by atoms with Gasteiger partial charge in [0.05, 0.1) is 11.6 Å². The molecule has 5 heteroatoms. The van der Waals surface area contributed by atoms with E-state index in [1.165, 1.54) is 17.3 Å². The molecule has 3 rings (SSSR count). The second kappa shape index (κ2) is 7.80. The van der Waals surface area contributed by atoms with Crippen molar-refractivity contribution in [3.8, 4) is 6.07 Å². The summed E-state index contributed by atoms with van der Waals surface area (Å²) in [5.41, 5.74) is 2.91. The van der Waals surface area contributed by atoms with Crippen molar-refractivity contribution in [3.05, 3.63) is 77.2 Å². The molecule has 1 unspecified atom stereocenters. The van der Waals surface area contributed by atoms with Crippen molar-refractivity contribution in [1.82, 2.24) is 10.2 Å². The Bertz CT molecular complexity index is 839. The van der Waals surface area contributed by atoms with Gasteiger partial charge in [0.1, 0.15) is 0 Å². The normalized spacial score (nSPS) is 11.8. The van der Waals surface area contributed by atoms with E-state index in [2.05, 4.69) is 35.3 Å². The van der Waals surface area contributed by atoms with Crippen molar-refractivity contribution in [3.63, 3.8) is 0 Å². The Morgan fingerprint density at radius 1 is 1.08 bits per heavy atom. The zero-order chi connectivity index (χ0) is 16.8. The zero-order valence-electron chi connectivity index (χ0n) is 13.3. The molecule has 0 N–H and O–H groups in total. The molecule has 0 amide bonds. The van der Waals surface area contributed by atoms with Gasteiger partial charge in [-0.3, -0.25) is 0 Å². The molecule has 0 aliphatic carbocycles. The molecule has 0 fully saturated rings. The van der Waals surface area contributed by atoms with E-state index in [1.54, 1.807) is 0 Å². The van der Waals surface area contributed by atoms with Crippen LogP contribution in [-0.4, -0.2) is 10.2 Å². The van der Waals surface area contributed by atoms with Gasteiger partial charge in [0, 0.05) is 12.2 Å². The minimum Gasteiger partial charge on any atom is -0.416 e. The minimum absolute atomic E-state index is 0.323. The van der Waals surface area contributed by atoms with E-state index in [9.17, 15) is 0 Å². The lowest BCUT2D eigenvalue weighted by molar-refractivity contribution is 0.404. The summed E-state index contributed by atoms with van der Waals surface area (Å²) >= 11 is 1.46. The van der Waals surface area contributed by atoms with E-state index in [4.69, 9.17) is 9.68 Å². The Labute approximate surface area is 145 Å². The average molecular weight is 335 g/mol. The van der Waals surface area contributed by atoms with Crippen LogP contribution in [-0.2, 0) is 12.2 Å². The molecule has 4 nitrogen and oxygen atoms in total. The van der Waals surface area contributed by atoms with Crippen molar-refractivity contribution in [2.24, 2.45) is 0 Å². The second-order valence-electron chi connectivity index (χ2n) is 5.54. The van der Waals surface area contributed by atoms with E-state index < -0.39 is 0 Å². The summed E-state index contributed by atoms with van der Waals surface area (Å²) < 4.78 is 5.73. The highest BCUT2D eigenvalue weighted by molar-refractivity contribution is 7.98. The zero-order valence-corrected chi connectivity index (χ0v) is 14.2. The van der Waals surface area contributed by atoms with Gasteiger partial charge in [0.25, 0.3) is 5.22 Å². The Balaban J connectivity index is 1.61. The fourth-order valence-corrected chi connectivity index (χ4v) is 3.22. The molecule has 0 bridgehead atoms. The molecule has 1 aromatic heterocycles. The minimum atomic E-state index is 0.323. The number of thioether (sulfide) groups is 1. The molecule has 3 aromatic rings. The molecule has 0 radical (unpaired) electrons. The number of hydrogen-bond donors (Lipinski definition) is 0. The molecule has 0 aliphatic heterocycles. The van der Waals surface area contributed by atoms with Gasteiger partial charge in [-0.2, -0.15) is 5.26 Å². The number of hydrogen-bond acceptors (Lipinski definition) is 5. The Morgan fingerprint density at radius 2 is 1.83 bits per heavy atom. The maximum absolute atomic E-state index is 9.12. The van der Waals surface area contributed by atoms with Crippen molar-refractivity contribution in [2.45, 2.75) is 30.2 Å². The summed E-state index contributed by atoms with van der Waals surface area (Å²) in [7, 11) is 0. The van der Waals surface area contributed by atoms with E-state index >= 15 is 0 Å². The highest BCUT2D eigenvalue weighted by atomic mass is 32.2. The van der Waals surface area contributed by atoms with Crippen LogP contribution < -0.4 is 0 Å². The standard InChI is InChI=1S/C19H17N3OS/c1-14(15-7-3-2-4-8-15)11-18-21-22-19(23-18)24-13-17-10-6-5-9-16(17)12-20/h2-10,14H,11,13H2,1H3. The number of aromatic nitrogens is 2. The smallest absolute Gasteiger partial charge is 0.276 e. The Hall–Kier alpha value is -2.58. The summed E-state index contributed by atoms with van der Waals surface area (Å²) in [4.78, 5) is 0. The maximum Gasteiger partial charge on any atom is 0.276 e. The summed E-state index contributed by atoms with van der Waals surface area (Å²) in [5.74, 6) is 1.60. The molecule has 120 valence electrons. The second-order valence-corrected chi connectivity index (χ2v) is 6.46. The fourth-order valence-electron chi connectivity index (χ4n) is 2.44. The maximum atomic E-state index is 9.12. The molecule has 2 aromatic carbocycles. The predicted octanol–water partition coefficient (Wildman–Crippen LogP) is 4.58. The van der Waals surface area contributed by atoms with Gasteiger partial charge in [-0.05, 0) is 23.1 Å². The molecule has 0 saturated carbocycles. The molecule has 0 aliphatic rings. The van der Waals surface area contributed by atoms with Gasteiger partial charge in [-0.1, -0.05) is 67.2 Å². The van der Waals surface area contributed by atoms with Gasteiger partial charge in [0.15, 0.2) is 0 Å². The van der Waals surface area contributed by atoms with Gasteiger partial charge < -0.3 is 4.42 Å². The number of benzene rings is 2. The van der Waals surface area contributed by atoms with Crippen molar-refractivity contribution >= 4 is 11.8 Å². The average Bonchev–Trinajstić information content (AvgIpc) is 3.08. The first-order valence-electron chi connectivity index (χ1n) is 7.74. The van der Waals surface area contributed by atoms with Gasteiger partial charge in [0.2, 0.25) is 5.89 Å². The Kier molecular flexibility index (Phi) is 5.29. The van der Waals surface area contributed by atoms with Crippen LogP contribution in [0.5, 0.6) is 0 Å². The number of nitriles is 1. The lowest BCUT2D eigenvalue weighted by Crippen LogP contribution is -1.98. The van der Waals surface area contributed by atoms with E-state index in [-0.39, 0.29) is 0 Å². The highest BCUT2D eigenvalue weighted by Gasteiger charge is 2.13. The molecule has 0 saturated heterocycles. The summed E-state index contributed by atoms with van der Waals surface area (Å²) in [6.07, 6.45) is 0.715. The molecular weight excluding hydrogens is 318 g/mol. The molecule has 1 heterocycles. The first kappa shape index (κ1) is 16.3. The van der Waals surface area contributed by atoms with Gasteiger partial charge in [-0.25, -0.2) is 0 Å². The fraction of sp³-hybridized carbons (Fsp3) is 0.211. The molecule has 24 heavy (non-hydrogen) atoms. The topological polar surface area (TPSA) is 62.7 Å². The quantitative estimate of drug-likeness (QED) is 0.617. The van der Waals surface area contributed by atoms with Crippen LogP contribution in [0.15, 0.2) is 64.2 Å². The number of nitrogens with zero attached hydrogens (tertiary/aromatic N) is 3. The van der Waals surface area contributed by atoms with Gasteiger partial charge in [-0.15, -0.1) is 10.2 Å². The molecule has 0 spiro atoms. The molecular formula is C19H17N3OS. The van der Waals surface area contributed by atoms with Gasteiger partial charge >= 0.3 is 0 Å². The first-order valence-corrected chi connectivity index (χ1v) is 8.73. The summed E-state index contributed by atoms with van der Waals surface area (Å²) in [6.45, 7) is 2.15. The van der Waals surface area contributed by atoms with E-state index in [1.807, 2.05) is 42.5 Å². The van der Waals surface area contributed by atoms with Crippen LogP contribution in [0.2, 0.25) is 0 Å². The van der Waals surface area contributed by atoms with Crippen molar-refractivity contribution < 1.29 is 4.42 Å². The van der Waals surface area contributed by atoms with Crippen LogP contribution in [0.25, 0.3) is 0 Å². The monoisotopic (exact) mass is 335 g/mol. The molecule has 1 atom stereocenters. The number of rotatable bonds is 6. The third-order valence-corrected chi connectivity index (χ3v) is 4.65. The van der Waals surface area contributed by atoms with Crippen LogP contribution >= 0.6 is 11.8 Å². The van der Waals surface area contributed by atoms with Crippen LogP contribution in [0.1, 0.15) is 35.4 Å². The van der Waals surface area contributed by atoms with Crippen molar-refractivity contribution in [2.75, 3.05) is 0 Å². The predicted molar refractivity (Wildman–Crippen MR) is 93.6 cm³/mol. The van der Waals surface area contributed by atoms with E-state index in [0.29, 0.717) is 34.8 Å². The third kappa shape index (κ3) is 4.03. The first-order chi connectivity index (χ1) is 11.8. The van der Waals surface area contributed by atoms with Crippen molar-refractivity contribution in [1.29, 1.82) is 5.26 Å². The summed E-state index contributed by atoms with van der Waals surface area (Å²) in [6, 6.07) is 20.0. The highest BCUT2D eigenvalue weighted by Crippen LogP contribution is 2.25. The van der Waals surface area contributed by atoms with Crippen LogP contribution in [0, 0.1) is 11.3 Å².